The number of rotatable bonds is 9. The quantitative estimate of drug-likeness (QED) is 0.682. The van der Waals surface area contributed by atoms with Crippen LogP contribution in [0.1, 0.15) is 25.6 Å². The van der Waals surface area contributed by atoms with Gasteiger partial charge in [-0.05, 0) is 13.8 Å². The molecule has 0 saturated carbocycles. The van der Waals surface area contributed by atoms with Gasteiger partial charge in [-0.25, -0.2) is 8.78 Å². The number of nitrogens with zero attached hydrogens (tertiary/aromatic N) is 2. The van der Waals surface area contributed by atoms with E-state index in [9.17, 15) is 8.78 Å². The van der Waals surface area contributed by atoms with Crippen LogP contribution in [0.15, 0.2) is 4.52 Å². The molecule has 1 atom stereocenters. The molecule has 1 aromatic rings. The Morgan fingerprint density at radius 2 is 2.16 bits per heavy atom. The first-order chi connectivity index (χ1) is 8.95. The summed E-state index contributed by atoms with van der Waals surface area (Å²) in [6.07, 6.45) is -2.21. The van der Waals surface area contributed by atoms with Crippen molar-refractivity contribution in [1.82, 2.24) is 10.1 Å². The third-order valence-corrected chi connectivity index (χ3v) is 2.29. The van der Waals surface area contributed by atoms with E-state index in [-0.39, 0.29) is 19.6 Å². The van der Waals surface area contributed by atoms with Crippen molar-refractivity contribution in [2.75, 3.05) is 26.4 Å². The molecule has 2 N–H and O–H groups in total. The van der Waals surface area contributed by atoms with E-state index < -0.39 is 18.6 Å². The lowest BCUT2D eigenvalue weighted by atomic mass is 10.1. The second-order valence-electron chi connectivity index (χ2n) is 4.28. The Morgan fingerprint density at radius 3 is 2.79 bits per heavy atom. The molecule has 1 heterocycles. The molecule has 0 aliphatic heterocycles. The number of hydrogen-bond acceptors (Lipinski definition) is 6. The molecule has 0 aliphatic rings. The predicted molar refractivity (Wildman–Crippen MR) is 62.9 cm³/mol. The van der Waals surface area contributed by atoms with Crippen LogP contribution in [0, 0.1) is 0 Å². The van der Waals surface area contributed by atoms with Crippen LogP contribution in [0.3, 0.4) is 0 Å². The molecule has 0 radical (unpaired) electrons. The SMILES string of the molecule is CCOCC(C)(N)c1noc(CCOCC(F)F)n1. The highest BCUT2D eigenvalue weighted by Crippen LogP contribution is 2.15. The fraction of sp³-hybridized carbons (Fsp3) is 0.818. The number of nitrogens with two attached hydrogens (primary N) is 1. The van der Waals surface area contributed by atoms with Gasteiger partial charge in [-0.2, -0.15) is 4.98 Å². The predicted octanol–water partition coefficient (Wildman–Crippen LogP) is 1.10. The number of aromatic nitrogens is 2. The summed E-state index contributed by atoms with van der Waals surface area (Å²) in [7, 11) is 0. The van der Waals surface area contributed by atoms with Crippen molar-refractivity contribution in [3.05, 3.63) is 11.7 Å². The molecule has 0 bridgehead atoms. The molecule has 1 rings (SSSR count). The Labute approximate surface area is 110 Å². The number of ether oxygens (including phenoxy) is 2. The topological polar surface area (TPSA) is 83.4 Å². The summed E-state index contributed by atoms with van der Waals surface area (Å²) in [6.45, 7) is 3.89. The van der Waals surface area contributed by atoms with Gasteiger partial charge in [0.15, 0.2) is 5.82 Å². The average Bonchev–Trinajstić information content (AvgIpc) is 2.81. The Kier molecular flexibility index (Phi) is 6.26. The van der Waals surface area contributed by atoms with E-state index in [1.807, 2.05) is 6.92 Å². The van der Waals surface area contributed by atoms with Crippen LogP contribution < -0.4 is 5.73 Å². The normalized spacial score (nSPS) is 14.8. The van der Waals surface area contributed by atoms with E-state index >= 15 is 0 Å². The second-order valence-corrected chi connectivity index (χ2v) is 4.28. The molecule has 0 saturated heterocycles. The lowest BCUT2D eigenvalue weighted by Gasteiger charge is -2.19. The van der Waals surface area contributed by atoms with Crippen LogP contribution in [0.4, 0.5) is 8.78 Å². The average molecular weight is 279 g/mol. The zero-order valence-electron chi connectivity index (χ0n) is 11.1. The Balaban J connectivity index is 2.43. The number of hydrogen-bond donors (Lipinski definition) is 1. The smallest absolute Gasteiger partial charge is 0.261 e. The molecular weight excluding hydrogens is 260 g/mol. The minimum absolute atomic E-state index is 0.0960. The fourth-order valence-electron chi connectivity index (χ4n) is 1.30. The zero-order chi connectivity index (χ0) is 14.3. The maximum Gasteiger partial charge on any atom is 0.261 e. The maximum atomic E-state index is 11.8. The lowest BCUT2D eigenvalue weighted by molar-refractivity contribution is 0.0171. The van der Waals surface area contributed by atoms with Crippen molar-refractivity contribution in [3.63, 3.8) is 0 Å². The maximum absolute atomic E-state index is 11.8. The van der Waals surface area contributed by atoms with E-state index in [0.717, 1.165) is 0 Å². The van der Waals surface area contributed by atoms with Crippen molar-refractivity contribution in [2.24, 2.45) is 5.73 Å². The van der Waals surface area contributed by atoms with Crippen LogP contribution >= 0.6 is 0 Å². The molecular formula is C11H19F2N3O3. The first-order valence-electron chi connectivity index (χ1n) is 6.01. The Hall–Kier alpha value is -1.12. The summed E-state index contributed by atoms with van der Waals surface area (Å²) in [5.41, 5.74) is 5.15. The Morgan fingerprint density at radius 1 is 1.42 bits per heavy atom. The van der Waals surface area contributed by atoms with E-state index in [4.69, 9.17) is 19.7 Å². The van der Waals surface area contributed by atoms with Crippen LogP contribution in [0.5, 0.6) is 0 Å². The molecule has 1 aromatic heterocycles. The summed E-state index contributed by atoms with van der Waals surface area (Å²) in [4.78, 5) is 4.10. The molecule has 1 unspecified atom stereocenters. The highest BCUT2D eigenvalue weighted by atomic mass is 19.3. The Bertz CT molecular complexity index is 372. The van der Waals surface area contributed by atoms with E-state index in [1.54, 1.807) is 6.92 Å². The number of halogens is 2. The van der Waals surface area contributed by atoms with Gasteiger partial charge in [0.2, 0.25) is 5.89 Å². The van der Waals surface area contributed by atoms with Gasteiger partial charge in [-0.1, -0.05) is 5.16 Å². The van der Waals surface area contributed by atoms with E-state index in [0.29, 0.717) is 18.3 Å². The van der Waals surface area contributed by atoms with Gasteiger partial charge in [-0.3, -0.25) is 0 Å². The molecule has 0 aliphatic carbocycles. The van der Waals surface area contributed by atoms with E-state index in [1.165, 1.54) is 0 Å². The molecule has 0 aromatic carbocycles. The van der Waals surface area contributed by atoms with Crippen LogP contribution in [-0.4, -0.2) is 43.0 Å². The molecule has 0 fully saturated rings. The van der Waals surface area contributed by atoms with Gasteiger partial charge < -0.3 is 19.7 Å². The fourth-order valence-corrected chi connectivity index (χ4v) is 1.30. The standard InChI is InChI=1S/C11H19F2N3O3/c1-3-17-7-11(2,14)10-15-9(19-16-10)4-5-18-6-8(12)13/h8H,3-7,14H2,1-2H3. The first kappa shape index (κ1) is 15.9. The summed E-state index contributed by atoms with van der Waals surface area (Å²) < 4.78 is 38.6. The third-order valence-electron chi connectivity index (χ3n) is 2.29. The van der Waals surface area contributed by atoms with Crippen LogP contribution in [0.25, 0.3) is 0 Å². The summed E-state index contributed by atoms with van der Waals surface area (Å²) in [6, 6.07) is 0. The molecule has 0 amide bonds. The zero-order valence-corrected chi connectivity index (χ0v) is 11.1. The van der Waals surface area contributed by atoms with Gasteiger partial charge in [0, 0.05) is 6.61 Å². The second kappa shape index (κ2) is 7.46. The molecule has 0 spiro atoms. The molecule has 19 heavy (non-hydrogen) atoms. The van der Waals surface area contributed by atoms with Crippen LogP contribution in [0.2, 0.25) is 0 Å². The van der Waals surface area contributed by atoms with Gasteiger partial charge in [0.25, 0.3) is 6.43 Å². The highest BCUT2D eigenvalue weighted by molar-refractivity contribution is 5.01. The highest BCUT2D eigenvalue weighted by Gasteiger charge is 2.27. The van der Waals surface area contributed by atoms with Gasteiger partial charge in [-0.15, -0.1) is 0 Å². The number of alkyl halides is 2. The van der Waals surface area contributed by atoms with E-state index in [2.05, 4.69) is 10.1 Å². The minimum Gasteiger partial charge on any atom is -0.379 e. The van der Waals surface area contributed by atoms with Crippen molar-refractivity contribution in [1.29, 1.82) is 0 Å². The van der Waals surface area contributed by atoms with Gasteiger partial charge in [0.1, 0.15) is 12.1 Å². The summed E-state index contributed by atoms with van der Waals surface area (Å²) in [5, 5.41) is 3.76. The van der Waals surface area contributed by atoms with Crippen molar-refractivity contribution >= 4 is 0 Å². The van der Waals surface area contributed by atoms with Crippen LogP contribution in [-0.2, 0) is 21.4 Å². The summed E-state index contributed by atoms with van der Waals surface area (Å²) in [5.74, 6) is 0.627. The van der Waals surface area contributed by atoms with Crippen molar-refractivity contribution in [3.8, 4) is 0 Å². The van der Waals surface area contributed by atoms with Crippen molar-refractivity contribution in [2.45, 2.75) is 32.2 Å². The summed E-state index contributed by atoms with van der Waals surface area (Å²) >= 11 is 0. The van der Waals surface area contributed by atoms with Gasteiger partial charge >= 0.3 is 0 Å². The molecule has 110 valence electrons. The third kappa shape index (κ3) is 5.58. The molecule has 8 heteroatoms. The molecule has 6 nitrogen and oxygen atoms in total. The van der Waals surface area contributed by atoms with Crippen molar-refractivity contribution < 1.29 is 22.8 Å². The largest absolute Gasteiger partial charge is 0.379 e. The minimum atomic E-state index is -2.48. The first-order valence-corrected chi connectivity index (χ1v) is 6.01. The monoisotopic (exact) mass is 279 g/mol. The van der Waals surface area contributed by atoms with Gasteiger partial charge in [0.05, 0.1) is 19.6 Å². The lowest BCUT2D eigenvalue weighted by Crippen LogP contribution is -2.39.